The molecule has 0 saturated carbocycles. The van der Waals surface area contributed by atoms with Crippen molar-refractivity contribution in [3.05, 3.63) is 23.0 Å². The largest absolute Gasteiger partial charge is 0.511 e. The van der Waals surface area contributed by atoms with Gasteiger partial charge in [-0.2, -0.15) is 0 Å². The van der Waals surface area contributed by atoms with Gasteiger partial charge in [0.25, 0.3) is 0 Å². The zero-order valence-corrected chi connectivity index (χ0v) is 11.7. The summed E-state index contributed by atoms with van der Waals surface area (Å²) in [6.45, 7) is 2.88. The van der Waals surface area contributed by atoms with Crippen LogP contribution in [-0.2, 0) is 4.79 Å². The van der Waals surface area contributed by atoms with E-state index in [1.807, 2.05) is 0 Å². The smallest absolute Gasteiger partial charge is 0.175 e. The summed E-state index contributed by atoms with van der Waals surface area (Å²) in [5, 5.41) is 9.58. The molecule has 3 nitrogen and oxygen atoms in total. The van der Waals surface area contributed by atoms with Crippen molar-refractivity contribution in [1.29, 1.82) is 0 Å². The van der Waals surface area contributed by atoms with Crippen molar-refractivity contribution < 1.29 is 9.90 Å². The van der Waals surface area contributed by atoms with E-state index in [0.717, 1.165) is 24.1 Å². The van der Waals surface area contributed by atoms with E-state index in [-0.39, 0.29) is 18.0 Å². The lowest BCUT2D eigenvalue weighted by Gasteiger charge is -2.19. The molecule has 3 heteroatoms. The molecule has 2 aliphatic rings. The Bertz CT molecular complexity index is 444. The lowest BCUT2D eigenvalue weighted by atomic mass is 9.86. The summed E-state index contributed by atoms with van der Waals surface area (Å²) in [7, 11) is 0. The van der Waals surface area contributed by atoms with Crippen LogP contribution in [0.2, 0.25) is 0 Å². The number of Topliss-reactive ketones (excluding diaryl/α,β-unsaturated/α-hetero) is 1. The van der Waals surface area contributed by atoms with Crippen LogP contribution >= 0.6 is 0 Å². The normalized spacial score (nSPS) is 18.5. The number of hydrogen-bond acceptors (Lipinski definition) is 3. The van der Waals surface area contributed by atoms with E-state index in [9.17, 15) is 9.90 Å². The molecule has 0 aromatic rings. The fourth-order valence-corrected chi connectivity index (χ4v) is 2.65. The number of unbranched alkanes of at least 4 members (excludes halogenated alkanes) is 5. The number of rotatable bonds is 8. The first kappa shape index (κ1) is 14.0. The summed E-state index contributed by atoms with van der Waals surface area (Å²) in [5.41, 5.74) is 2.40. The van der Waals surface area contributed by atoms with Gasteiger partial charge in [0.1, 0.15) is 5.76 Å². The van der Waals surface area contributed by atoms with E-state index in [1.165, 1.54) is 32.1 Å². The fraction of sp³-hybridized carbons (Fsp3) is 0.625. The van der Waals surface area contributed by atoms with Gasteiger partial charge in [0.05, 0.1) is 24.3 Å². The second-order valence-corrected chi connectivity index (χ2v) is 5.36. The number of nitrogens with zero attached hydrogens (tertiary/aromatic N) is 1. The van der Waals surface area contributed by atoms with Gasteiger partial charge < -0.3 is 5.11 Å². The minimum absolute atomic E-state index is 0.0343. The van der Waals surface area contributed by atoms with Crippen LogP contribution in [0.5, 0.6) is 0 Å². The minimum Gasteiger partial charge on any atom is -0.511 e. The maximum Gasteiger partial charge on any atom is 0.175 e. The third-order valence-corrected chi connectivity index (χ3v) is 3.82. The summed E-state index contributed by atoms with van der Waals surface area (Å²) < 4.78 is 0. The molecule has 0 atom stereocenters. The summed E-state index contributed by atoms with van der Waals surface area (Å²) in [4.78, 5) is 15.8. The van der Waals surface area contributed by atoms with Crippen molar-refractivity contribution in [3.8, 4) is 0 Å². The van der Waals surface area contributed by atoms with Crippen molar-refractivity contribution in [2.45, 2.75) is 58.3 Å². The molecule has 0 aromatic heterocycles. The molecule has 1 heterocycles. The Labute approximate surface area is 115 Å². The fourth-order valence-electron chi connectivity index (χ4n) is 2.65. The Morgan fingerprint density at radius 1 is 1.21 bits per heavy atom. The van der Waals surface area contributed by atoms with Crippen LogP contribution in [0, 0.1) is 0 Å². The molecule has 1 N–H and O–H groups in total. The van der Waals surface area contributed by atoms with E-state index in [1.54, 1.807) is 0 Å². The molecule has 2 rings (SSSR count). The summed E-state index contributed by atoms with van der Waals surface area (Å²) >= 11 is 0. The summed E-state index contributed by atoms with van der Waals surface area (Å²) in [6, 6.07) is 0. The summed E-state index contributed by atoms with van der Waals surface area (Å²) in [6.07, 6.45) is 10.9. The van der Waals surface area contributed by atoms with Crippen LogP contribution < -0.4 is 0 Å². The Kier molecular flexibility index (Phi) is 4.94. The predicted molar refractivity (Wildman–Crippen MR) is 77.7 cm³/mol. The average molecular weight is 261 g/mol. The monoisotopic (exact) mass is 261 g/mol. The number of aliphatic imine (C=N–C) groups is 1. The van der Waals surface area contributed by atoms with Gasteiger partial charge in [-0.1, -0.05) is 45.1 Å². The highest BCUT2D eigenvalue weighted by molar-refractivity contribution is 6.33. The van der Waals surface area contributed by atoms with Crippen molar-refractivity contribution in [2.75, 3.05) is 6.54 Å². The maximum absolute atomic E-state index is 11.5. The van der Waals surface area contributed by atoms with Crippen LogP contribution in [0.3, 0.4) is 0 Å². The van der Waals surface area contributed by atoms with Gasteiger partial charge in [-0.15, -0.1) is 0 Å². The van der Waals surface area contributed by atoms with Crippen LogP contribution in [0.15, 0.2) is 28.0 Å². The SMILES string of the molecule is CCCCCCCCC1=CCN=C1C1=C(O)CC1=O. The molecule has 104 valence electrons. The van der Waals surface area contributed by atoms with Gasteiger partial charge in [0.2, 0.25) is 0 Å². The predicted octanol–water partition coefficient (Wildman–Crippen LogP) is 3.90. The van der Waals surface area contributed by atoms with Crippen LogP contribution in [0.1, 0.15) is 58.3 Å². The molecule has 19 heavy (non-hydrogen) atoms. The van der Waals surface area contributed by atoms with Gasteiger partial charge in [-0.3, -0.25) is 9.79 Å². The lowest BCUT2D eigenvalue weighted by Crippen LogP contribution is -2.25. The molecule has 0 bridgehead atoms. The zero-order chi connectivity index (χ0) is 13.7. The van der Waals surface area contributed by atoms with Gasteiger partial charge in [0, 0.05) is 0 Å². The number of allylic oxidation sites excluding steroid dienone is 3. The van der Waals surface area contributed by atoms with Crippen molar-refractivity contribution >= 4 is 11.5 Å². The molecule has 0 unspecified atom stereocenters. The highest BCUT2D eigenvalue weighted by Crippen LogP contribution is 2.29. The van der Waals surface area contributed by atoms with Crippen LogP contribution in [0.25, 0.3) is 0 Å². The lowest BCUT2D eigenvalue weighted by molar-refractivity contribution is -0.117. The van der Waals surface area contributed by atoms with E-state index in [0.29, 0.717) is 12.1 Å². The maximum atomic E-state index is 11.5. The second-order valence-electron chi connectivity index (χ2n) is 5.36. The van der Waals surface area contributed by atoms with Gasteiger partial charge in [0.15, 0.2) is 5.78 Å². The number of hydrogen-bond donors (Lipinski definition) is 1. The average Bonchev–Trinajstić information content (AvgIpc) is 2.81. The molecule has 0 radical (unpaired) electrons. The van der Waals surface area contributed by atoms with Crippen molar-refractivity contribution in [2.24, 2.45) is 4.99 Å². The molecule has 0 spiro atoms. The molecule has 0 fully saturated rings. The molecule has 0 aromatic carbocycles. The van der Waals surface area contributed by atoms with E-state index in [2.05, 4.69) is 18.0 Å². The molecular formula is C16H23NO2. The highest BCUT2D eigenvalue weighted by atomic mass is 16.3. The first-order valence-corrected chi connectivity index (χ1v) is 7.43. The van der Waals surface area contributed by atoms with Gasteiger partial charge >= 0.3 is 0 Å². The van der Waals surface area contributed by atoms with Crippen molar-refractivity contribution in [3.63, 3.8) is 0 Å². The van der Waals surface area contributed by atoms with Crippen LogP contribution in [0.4, 0.5) is 0 Å². The number of carbonyl (C=O) groups excluding carboxylic acids is 1. The quantitative estimate of drug-likeness (QED) is 0.674. The first-order valence-electron chi connectivity index (χ1n) is 7.43. The molecule has 1 aliphatic carbocycles. The molecule has 0 saturated heterocycles. The Morgan fingerprint density at radius 3 is 2.63 bits per heavy atom. The highest BCUT2D eigenvalue weighted by Gasteiger charge is 2.33. The van der Waals surface area contributed by atoms with Crippen LogP contribution in [-0.4, -0.2) is 23.1 Å². The first-order chi connectivity index (χ1) is 9.24. The number of aliphatic hydroxyl groups excluding tert-OH is 1. The molecule has 1 aliphatic heterocycles. The Morgan fingerprint density at radius 2 is 1.95 bits per heavy atom. The molecular weight excluding hydrogens is 238 g/mol. The standard InChI is InChI=1S/C16H23NO2/c1-2-3-4-5-6-7-8-12-9-10-17-16(12)15-13(18)11-14(15)19/h9,18H,2-8,10-11H2,1H3. The molecule has 0 amide bonds. The van der Waals surface area contributed by atoms with E-state index < -0.39 is 0 Å². The Balaban J connectivity index is 1.77. The number of ketones is 1. The zero-order valence-electron chi connectivity index (χ0n) is 11.7. The minimum atomic E-state index is 0.0343. The Hall–Kier alpha value is -1.38. The third-order valence-electron chi connectivity index (χ3n) is 3.82. The van der Waals surface area contributed by atoms with E-state index in [4.69, 9.17) is 0 Å². The third kappa shape index (κ3) is 3.34. The van der Waals surface area contributed by atoms with E-state index >= 15 is 0 Å². The van der Waals surface area contributed by atoms with Crippen molar-refractivity contribution in [1.82, 2.24) is 0 Å². The van der Waals surface area contributed by atoms with Gasteiger partial charge in [-0.25, -0.2) is 0 Å². The second kappa shape index (κ2) is 6.69. The number of aliphatic hydroxyl groups is 1. The number of carbonyl (C=O) groups is 1. The van der Waals surface area contributed by atoms with Gasteiger partial charge in [-0.05, 0) is 18.4 Å². The summed E-state index contributed by atoms with van der Waals surface area (Å²) in [5.74, 6) is 0.256. The topological polar surface area (TPSA) is 49.7 Å².